The van der Waals surface area contributed by atoms with Gasteiger partial charge in [0.25, 0.3) is 0 Å². The number of carbonyl (C=O) groups is 1. The molecular formula is C32H21Cl2F3N2O2. The van der Waals surface area contributed by atoms with Gasteiger partial charge in [-0.3, -0.25) is 0 Å². The second kappa shape index (κ2) is 11.6. The molecule has 0 aliphatic rings. The van der Waals surface area contributed by atoms with Crippen LogP contribution in [0.2, 0.25) is 10.0 Å². The molecule has 206 valence electrons. The molecular weight excluding hydrogens is 572 g/mol. The number of alkyl halides is 3. The van der Waals surface area contributed by atoms with E-state index in [0.717, 1.165) is 23.3 Å². The van der Waals surface area contributed by atoms with E-state index >= 15 is 0 Å². The summed E-state index contributed by atoms with van der Waals surface area (Å²) in [4.78, 5) is 16.0. The van der Waals surface area contributed by atoms with Crippen molar-refractivity contribution in [3.05, 3.63) is 135 Å². The minimum absolute atomic E-state index is 0.196. The average Bonchev–Trinajstić information content (AvgIpc) is 3.34. The van der Waals surface area contributed by atoms with Crippen LogP contribution >= 0.6 is 23.2 Å². The quantitative estimate of drug-likeness (QED) is 0.205. The van der Waals surface area contributed by atoms with Crippen LogP contribution in [0.1, 0.15) is 32.9 Å². The van der Waals surface area contributed by atoms with Gasteiger partial charge in [0.2, 0.25) is 0 Å². The number of rotatable bonds is 7. The molecule has 0 aliphatic carbocycles. The Hall–Kier alpha value is -4.33. The minimum atomic E-state index is -4.41. The van der Waals surface area contributed by atoms with Crippen molar-refractivity contribution in [3.63, 3.8) is 0 Å². The van der Waals surface area contributed by atoms with Gasteiger partial charge in [-0.15, -0.1) is 0 Å². The number of halogens is 5. The molecule has 4 aromatic carbocycles. The first kappa shape index (κ1) is 28.2. The maximum Gasteiger partial charge on any atom is 0.416 e. The molecule has 0 unspecified atom stereocenters. The lowest BCUT2D eigenvalue weighted by atomic mass is 10.0. The van der Waals surface area contributed by atoms with Gasteiger partial charge in [0.15, 0.2) is 0 Å². The van der Waals surface area contributed by atoms with Gasteiger partial charge in [-0.05, 0) is 70.8 Å². The number of hydrogen-bond donors (Lipinski definition) is 1. The Labute approximate surface area is 243 Å². The van der Waals surface area contributed by atoms with E-state index in [-0.39, 0.29) is 5.56 Å². The van der Waals surface area contributed by atoms with Gasteiger partial charge in [0, 0.05) is 23.3 Å². The van der Waals surface area contributed by atoms with E-state index in [4.69, 9.17) is 28.2 Å². The third-order valence-corrected chi connectivity index (χ3v) is 6.97. The highest BCUT2D eigenvalue weighted by atomic mass is 35.5. The molecule has 1 N–H and O–H groups in total. The lowest BCUT2D eigenvalue weighted by molar-refractivity contribution is -0.137. The third kappa shape index (κ3) is 6.70. The predicted octanol–water partition coefficient (Wildman–Crippen LogP) is 9.46. The SMILES string of the molecule is O=C(O)c1ccc(Cn2cc(-c3ccc(Cl)cc3Cl)nc2C=Cc2ccc(-c3cccc(C(F)(F)F)c3)cc2)cc1. The van der Waals surface area contributed by atoms with E-state index in [0.29, 0.717) is 44.8 Å². The second-order valence-electron chi connectivity index (χ2n) is 9.27. The molecule has 0 amide bonds. The summed E-state index contributed by atoms with van der Waals surface area (Å²) in [7, 11) is 0. The number of aromatic nitrogens is 2. The molecule has 5 rings (SSSR count). The fourth-order valence-electron chi connectivity index (χ4n) is 4.30. The summed E-state index contributed by atoms with van der Waals surface area (Å²) < 4.78 is 41.3. The summed E-state index contributed by atoms with van der Waals surface area (Å²) in [6, 6.07) is 24.2. The van der Waals surface area contributed by atoms with Crippen molar-refractivity contribution in [1.29, 1.82) is 0 Å². The molecule has 0 bridgehead atoms. The van der Waals surface area contributed by atoms with Crippen LogP contribution in [0.5, 0.6) is 0 Å². The second-order valence-corrected chi connectivity index (χ2v) is 10.1. The Bertz CT molecular complexity index is 1740. The fourth-order valence-corrected chi connectivity index (χ4v) is 4.80. The van der Waals surface area contributed by atoms with Crippen LogP contribution in [0.4, 0.5) is 13.2 Å². The first-order valence-corrected chi connectivity index (χ1v) is 13.1. The lowest BCUT2D eigenvalue weighted by Crippen LogP contribution is -2.04. The van der Waals surface area contributed by atoms with Crippen LogP contribution in [-0.2, 0) is 12.7 Å². The topological polar surface area (TPSA) is 55.1 Å². The first-order valence-electron chi connectivity index (χ1n) is 12.4. The molecule has 0 spiro atoms. The summed E-state index contributed by atoms with van der Waals surface area (Å²) in [6.45, 7) is 0.423. The lowest BCUT2D eigenvalue weighted by Gasteiger charge is -2.09. The van der Waals surface area contributed by atoms with Crippen molar-refractivity contribution in [1.82, 2.24) is 9.55 Å². The molecule has 0 saturated heterocycles. The van der Waals surface area contributed by atoms with Crippen molar-refractivity contribution < 1.29 is 23.1 Å². The van der Waals surface area contributed by atoms with Gasteiger partial charge in [-0.2, -0.15) is 13.2 Å². The molecule has 0 saturated carbocycles. The zero-order chi connectivity index (χ0) is 29.1. The van der Waals surface area contributed by atoms with Gasteiger partial charge in [0.05, 0.1) is 21.8 Å². The number of carboxylic acid groups (broad SMARTS) is 1. The molecule has 0 atom stereocenters. The van der Waals surface area contributed by atoms with Crippen LogP contribution in [0.25, 0.3) is 34.5 Å². The molecule has 0 fully saturated rings. The minimum Gasteiger partial charge on any atom is -0.478 e. The van der Waals surface area contributed by atoms with Crippen molar-refractivity contribution in [2.75, 3.05) is 0 Å². The highest BCUT2D eigenvalue weighted by molar-refractivity contribution is 6.36. The van der Waals surface area contributed by atoms with Gasteiger partial charge in [0.1, 0.15) is 5.82 Å². The Morgan fingerprint density at radius 1 is 0.878 bits per heavy atom. The average molecular weight is 593 g/mol. The molecule has 1 heterocycles. The Kier molecular flexibility index (Phi) is 8.01. The standard InChI is InChI=1S/C32H21Cl2F3N2O2/c33-26-13-14-27(28(34)17-26)29-19-39(18-21-6-11-23(12-7-21)31(40)41)30(38-29)15-8-20-4-9-22(10-5-20)24-2-1-3-25(16-24)32(35,36)37/h1-17,19H,18H2,(H,40,41). The van der Waals surface area contributed by atoms with Crippen molar-refractivity contribution in [2.45, 2.75) is 12.7 Å². The summed E-state index contributed by atoms with van der Waals surface area (Å²) in [5.74, 6) is -0.378. The summed E-state index contributed by atoms with van der Waals surface area (Å²) in [5.41, 5.74) is 3.68. The van der Waals surface area contributed by atoms with E-state index in [9.17, 15) is 23.1 Å². The molecule has 9 heteroatoms. The highest BCUT2D eigenvalue weighted by Crippen LogP contribution is 2.33. The summed E-state index contributed by atoms with van der Waals surface area (Å²) in [6.07, 6.45) is 1.14. The Morgan fingerprint density at radius 2 is 1.61 bits per heavy atom. The normalized spacial score (nSPS) is 11.7. The van der Waals surface area contributed by atoms with Crippen LogP contribution in [0.3, 0.4) is 0 Å². The molecule has 4 nitrogen and oxygen atoms in total. The first-order chi connectivity index (χ1) is 19.6. The summed E-state index contributed by atoms with van der Waals surface area (Å²) in [5, 5.41) is 10.2. The number of benzene rings is 4. The maximum absolute atomic E-state index is 13.1. The highest BCUT2D eigenvalue weighted by Gasteiger charge is 2.30. The van der Waals surface area contributed by atoms with Gasteiger partial charge in [-0.1, -0.05) is 77.8 Å². The number of hydrogen-bond acceptors (Lipinski definition) is 2. The van der Waals surface area contributed by atoms with Crippen molar-refractivity contribution in [2.24, 2.45) is 0 Å². The van der Waals surface area contributed by atoms with Crippen LogP contribution in [-0.4, -0.2) is 20.6 Å². The fraction of sp³-hybridized carbons (Fsp3) is 0.0625. The molecule has 0 radical (unpaired) electrons. The van der Waals surface area contributed by atoms with E-state index < -0.39 is 17.7 Å². The summed E-state index contributed by atoms with van der Waals surface area (Å²) >= 11 is 12.5. The Morgan fingerprint density at radius 3 is 2.27 bits per heavy atom. The smallest absolute Gasteiger partial charge is 0.416 e. The van der Waals surface area contributed by atoms with E-state index in [2.05, 4.69) is 0 Å². The molecule has 5 aromatic rings. The molecule has 1 aromatic heterocycles. The van der Waals surface area contributed by atoms with E-state index in [1.54, 1.807) is 60.7 Å². The van der Waals surface area contributed by atoms with Gasteiger partial charge in [-0.25, -0.2) is 9.78 Å². The monoisotopic (exact) mass is 592 g/mol. The van der Waals surface area contributed by atoms with E-state index in [1.807, 2.05) is 35.0 Å². The van der Waals surface area contributed by atoms with Crippen LogP contribution in [0, 0.1) is 0 Å². The third-order valence-electron chi connectivity index (χ3n) is 6.43. The molecule has 0 aliphatic heterocycles. The van der Waals surface area contributed by atoms with E-state index in [1.165, 1.54) is 6.07 Å². The van der Waals surface area contributed by atoms with Gasteiger partial charge < -0.3 is 9.67 Å². The molecule has 41 heavy (non-hydrogen) atoms. The number of aromatic carboxylic acids is 1. The Balaban J connectivity index is 1.44. The maximum atomic E-state index is 13.1. The van der Waals surface area contributed by atoms with Gasteiger partial charge >= 0.3 is 12.1 Å². The number of carboxylic acids is 1. The van der Waals surface area contributed by atoms with Crippen LogP contribution < -0.4 is 0 Å². The predicted molar refractivity (Wildman–Crippen MR) is 156 cm³/mol. The number of nitrogens with zero attached hydrogens (tertiary/aromatic N) is 2. The van der Waals surface area contributed by atoms with Crippen molar-refractivity contribution in [3.8, 4) is 22.4 Å². The zero-order valence-electron chi connectivity index (χ0n) is 21.2. The number of imidazole rings is 1. The zero-order valence-corrected chi connectivity index (χ0v) is 22.8. The van der Waals surface area contributed by atoms with Crippen molar-refractivity contribution >= 4 is 41.3 Å². The largest absolute Gasteiger partial charge is 0.478 e. The van der Waals surface area contributed by atoms with Crippen LogP contribution in [0.15, 0.2) is 97.2 Å².